The third-order valence-electron chi connectivity index (χ3n) is 6.88. The third-order valence-corrected chi connectivity index (χ3v) is 6.88. The fourth-order valence-electron chi connectivity index (χ4n) is 5.11. The summed E-state index contributed by atoms with van der Waals surface area (Å²) in [5.41, 5.74) is 2.35. The number of ketones is 1. The van der Waals surface area contributed by atoms with Crippen molar-refractivity contribution in [2.45, 2.75) is 18.9 Å². The van der Waals surface area contributed by atoms with Gasteiger partial charge in [-0.3, -0.25) is 14.5 Å². The summed E-state index contributed by atoms with van der Waals surface area (Å²) in [7, 11) is 0. The van der Waals surface area contributed by atoms with Gasteiger partial charge in [-0.1, -0.05) is 12.1 Å². The minimum atomic E-state index is -0.930. The molecule has 0 spiro atoms. The highest BCUT2D eigenvalue weighted by molar-refractivity contribution is 6.51. The van der Waals surface area contributed by atoms with Crippen LogP contribution in [0.5, 0.6) is 17.2 Å². The summed E-state index contributed by atoms with van der Waals surface area (Å²) >= 11 is 0. The Morgan fingerprint density at radius 3 is 2.33 bits per heavy atom. The largest absolute Gasteiger partial charge is 0.508 e. The molecule has 3 aliphatic rings. The van der Waals surface area contributed by atoms with Crippen LogP contribution in [0.15, 0.2) is 72.3 Å². The number of phenolic OH excluding ortho intramolecular Hbond substituents is 1. The molecule has 2 fully saturated rings. The fraction of sp³-hybridized carbons (Fsp3) is 0.214. The van der Waals surface area contributed by atoms with Gasteiger partial charge in [0, 0.05) is 30.0 Å². The van der Waals surface area contributed by atoms with Crippen LogP contribution in [0.4, 0.5) is 11.4 Å². The molecule has 8 nitrogen and oxygen atoms in total. The fourth-order valence-corrected chi connectivity index (χ4v) is 5.11. The predicted octanol–water partition coefficient (Wildman–Crippen LogP) is 4.35. The predicted molar refractivity (Wildman–Crippen MR) is 133 cm³/mol. The van der Waals surface area contributed by atoms with Gasteiger partial charge in [-0.05, 0) is 73.0 Å². The second-order valence-corrected chi connectivity index (χ2v) is 9.04. The van der Waals surface area contributed by atoms with Crippen molar-refractivity contribution >= 4 is 28.8 Å². The van der Waals surface area contributed by atoms with Crippen LogP contribution in [0.25, 0.3) is 5.76 Å². The normalized spacial score (nSPS) is 20.4. The number of phenols is 1. The molecule has 2 N–H and O–H groups in total. The van der Waals surface area contributed by atoms with Gasteiger partial charge in [0.1, 0.15) is 11.5 Å². The van der Waals surface area contributed by atoms with Gasteiger partial charge >= 0.3 is 0 Å². The van der Waals surface area contributed by atoms with Gasteiger partial charge in [-0.15, -0.1) is 0 Å². The van der Waals surface area contributed by atoms with Crippen LogP contribution < -0.4 is 19.3 Å². The number of aromatic hydroxyl groups is 1. The molecule has 8 heteroatoms. The molecule has 0 bridgehead atoms. The Balaban J connectivity index is 1.47. The monoisotopic (exact) mass is 484 g/mol. The quantitative estimate of drug-likeness (QED) is 0.323. The molecule has 2 saturated heterocycles. The number of nitrogens with zero attached hydrogens (tertiary/aromatic N) is 2. The third kappa shape index (κ3) is 3.62. The second-order valence-electron chi connectivity index (χ2n) is 9.04. The van der Waals surface area contributed by atoms with Gasteiger partial charge in [0.15, 0.2) is 11.5 Å². The molecular formula is C28H24N2O6. The maximum absolute atomic E-state index is 13.4. The molecular weight excluding hydrogens is 460 g/mol. The average molecular weight is 485 g/mol. The molecule has 0 radical (unpaired) electrons. The smallest absolute Gasteiger partial charge is 0.300 e. The summed E-state index contributed by atoms with van der Waals surface area (Å²) in [6, 6.07) is 17.8. The SMILES string of the molecule is O=C1C(=O)N(c2ccc(N3CCCC3)cc2)C(c2cccc(O)c2)/C1=C(/O)c1ccc2c(c1)OCO2. The molecule has 1 atom stereocenters. The van der Waals surface area contributed by atoms with E-state index in [4.69, 9.17) is 9.47 Å². The number of carbonyl (C=O) groups excluding carboxylic acids is 2. The summed E-state index contributed by atoms with van der Waals surface area (Å²) in [4.78, 5) is 30.4. The number of ether oxygens (including phenoxy) is 2. The zero-order chi connectivity index (χ0) is 24.8. The van der Waals surface area contributed by atoms with Gasteiger partial charge in [0.25, 0.3) is 11.7 Å². The van der Waals surface area contributed by atoms with E-state index in [0.717, 1.165) is 31.6 Å². The topological polar surface area (TPSA) is 99.5 Å². The minimum Gasteiger partial charge on any atom is -0.508 e. The van der Waals surface area contributed by atoms with Crippen molar-refractivity contribution in [3.63, 3.8) is 0 Å². The summed E-state index contributed by atoms with van der Waals surface area (Å²) in [6.07, 6.45) is 2.29. The molecule has 1 unspecified atom stereocenters. The van der Waals surface area contributed by atoms with Crippen molar-refractivity contribution in [3.05, 3.63) is 83.4 Å². The Hall–Kier alpha value is -4.46. The Bertz CT molecular complexity index is 1390. The van der Waals surface area contributed by atoms with Crippen LogP contribution in [-0.4, -0.2) is 41.8 Å². The Labute approximate surface area is 207 Å². The van der Waals surface area contributed by atoms with Gasteiger partial charge in [-0.2, -0.15) is 0 Å². The Kier molecular flexibility index (Phi) is 5.29. The van der Waals surface area contributed by atoms with Crippen LogP contribution >= 0.6 is 0 Å². The highest BCUT2D eigenvalue weighted by Gasteiger charge is 2.47. The van der Waals surface area contributed by atoms with Crippen molar-refractivity contribution in [2.75, 3.05) is 29.7 Å². The maximum atomic E-state index is 13.4. The summed E-state index contributed by atoms with van der Waals surface area (Å²) < 4.78 is 10.8. The van der Waals surface area contributed by atoms with E-state index >= 15 is 0 Å². The number of aliphatic hydroxyl groups excluding tert-OH is 1. The summed E-state index contributed by atoms with van der Waals surface area (Å²) in [6.45, 7) is 2.05. The van der Waals surface area contributed by atoms with E-state index in [1.165, 1.54) is 17.0 Å². The van der Waals surface area contributed by atoms with Crippen LogP contribution in [-0.2, 0) is 9.59 Å². The number of anilines is 2. The van der Waals surface area contributed by atoms with E-state index < -0.39 is 17.7 Å². The van der Waals surface area contributed by atoms with E-state index in [2.05, 4.69) is 4.90 Å². The number of carbonyl (C=O) groups is 2. The molecule has 0 aliphatic carbocycles. The number of amides is 1. The van der Waals surface area contributed by atoms with E-state index in [0.29, 0.717) is 28.3 Å². The van der Waals surface area contributed by atoms with Crippen molar-refractivity contribution in [2.24, 2.45) is 0 Å². The number of hydrogen-bond donors (Lipinski definition) is 2. The van der Waals surface area contributed by atoms with Gasteiger partial charge in [-0.25, -0.2) is 0 Å². The Morgan fingerprint density at radius 1 is 0.861 bits per heavy atom. The molecule has 182 valence electrons. The molecule has 3 heterocycles. The standard InChI is InChI=1S/C28H24N2O6/c31-21-5-3-4-17(14-21)25-24(26(32)18-6-11-22-23(15-18)36-16-35-22)27(33)28(34)30(25)20-9-7-19(8-10-20)29-12-1-2-13-29/h3-11,14-15,25,31-32H,1-2,12-13,16H2/b26-24-. The Morgan fingerprint density at radius 2 is 1.58 bits per heavy atom. The zero-order valence-corrected chi connectivity index (χ0v) is 19.4. The van der Waals surface area contributed by atoms with Crippen LogP contribution in [0, 0.1) is 0 Å². The zero-order valence-electron chi connectivity index (χ0n) is 19.4. The summed E-state index contributed by atoms with van der Waals surface area (Å²) in [5.74, 6) is -0.905. The van der Waals surface area contributed by atoms with Crippen molar-refractivity contribution < 1.29 is 29.3 Å². The van der Waals surface area contributed by atoms with Gasteiger partial charge in [0.2, 0.25) is 6.79 Å². The highest BCUT2D eigenvalue weighted by atomic mass is 16.7. The van der Waals surface area contributed by atoms with E-state index in [9.17, 15) is 19.8 Å². The lowest BCUT2D eigenvalue weighted by molar-refractivity contribution is -0.132. The van der Waals surface area contributed by atoms with Crippen LogP contribution in [0.2, 0.25) is 0 Å². The number of aliphatic hydroxyl groups is 1. The molecule has 3 aromatic rings. The molecule has 3 aromatic carbocycles. The number of benzene rings is 3. The molecule has 6 rings (SSSR count). The van der Waals surface area contributed by atoms with Crippen molar-refractivity contribution in [3.8, 4) is 17.2 Å². The summed E-state index contributed by atoms with van der Waals surface area (Å²) in [5, 5.41) is 21.5. The number of fused-ring (bicyclic) bond motifs is 1. The molecule has 1 amide bonds. The van der Waals surface area contributed by atoms with E-state index in [-0.39, 0.29) is 23.9 Å². The van der Waals surface area contributed by atoms with Gasteiger partial charge < -0.3 is 24.6 Å². The van der Waals surface area contributed by atoms with Crippen LogP contribution in [0.3, 0.4) is 0 Å². The minimum absolute atomic E-state index is 0.00875. The number of Topliss-reactive ketones (excluding diaryl/α,β-unsaturated/α-hetero) is 1. The molecule has 3 aliphatic heterocycles. The van der Waals surface area contributed by atoms with E-state index in [1.54, 1.807) is 30.3 Å². The van der Waals surface area contributed by atoms with E-state index in [1.807, 2.05) is 24.3 Å². The maximum Gasteiger partial charge on any atom is 0.300 e. The first-order valence-corrected chi connectivity index (χ1v) is 11.9. The lowest BCUT2D eigenvalue weighted by Crippen LogP contribution is -2.29. The van der Waals surface area contributed by atoms with Crippen molar-refractivity contribution in [1.29, 1.82) is 0 Å². The first-order valence-electron chi connectivity index (χ1n) is 11.9. The lowest BCUT2D eigenvalue weighted by Gasteiger charge is -2.26. The average Bonchev–Trinajstić information content (AvgIpc) is 3.64. The number of hydrogen-bond acceptors (Lipinski definition) is 7. The van der Waals surface area contributed by atoms with Crippen LogP contribution in [0.1, 0.15) is 30.0 Å². The lowest BCUT2D eigenvalue weighted by atomic mass is 9.95. The molecule has 36 heavy (non-hydrogen) atoms. The van der Waals surface area contributed by atoms with Gasteiger partial charge in [0.05, 0.1) is 11.6 Å². The first kappa shape index (κ1) is 22.0. The number of rotatable bonds is 4. The second kappa shape index (κ2) is 8.64. The van der Waals surface area contributed by atoms with Crippen molar-refractivity contribution in [1.82, 2.24) is 0 Å². The first-order chi connectivity index (χ1) is 17.5. The highest BCUT2D eigenvalue weighted by Crippen LogP contribution is 2.44. The molecule has 0 saturated carbocycles. The molecule has 0 aromatic heterocycles.